The van der Waals surface area contributed by atoms with E-state index in [-0.39, 0.29) is 5.91 Å². The molecule has 17 heavy (non-hydrogen) atoms. The number of ether oxygens (including phenoxy) is 1. The number of carbonyl (C=O) groups excluding carboxylic acids is 1. The average Bonchev–Trinajstić information content (AvgIpc) is 2.40. The minimum absolute atomic E-state index is 0.0128. The highest BCUT2D eigenvalue weighted by Gasteiger charge is 2.23. The van der Waals surface area contributed by atoms with Gasteiger partial charge in [0.25, 0.3) is 0 Å². The van der Waals surface area contributed by atoms with E-state index in [9.17, 15) is 4.79 Å². The number of hydrogen-bond acceptors (Lipinski definition) is 2. The number of alkyl halides is 1. The van der Waals surface area contributed by atoms with Gasteiger partial charge in [-0.15, -0.1) is 11.6 Å². The summed E-state index contributed by atoms with van der Waals surface area (Å²) in [6.07, 6.45) is 0.582. The summed E-state index contributed by atoms with van der Waals surface area (Å²) in [6, 6.07) is 9.84. The largest absolute Gasteiger partial charge is 0.378 e. The maximum absolute atomic E-state index is 12.0. The van der Waals surface area contributed by atoms with Crippen LogP contribution in [-0.2, 0) is 16.0 Å². The van der Waals surface area contributed by atoms with Crippen LogP contribution in [0.3, 0.4) is 0 Å². The van der Waals surface area contributed by atoms with Crippen molar-refractivity contribution in [2.24, 2.45) is 0 Å². The van der Waals surface area contributed by atoms with E-state index < -0.39 is 5.38 Å². The van der Waals surface area contributed by atoms with E-state index in [0.717, 1.165) is 5.56 Å². The van der Waals surface area contributed by atoms with E-state index >= 15 is 0 Å². The molecule has 1 aromatic rings. The zero-order valence-electron chi connectivity index (χ0n) is 9.64. The molecule has 1 saturated heterocycles. The van der Waals surface area contributed by atoms with Crippen LogP contribution < -0.4 is 0 Å². The van der Waals surface area contributed by atoms with Crippen molar-refractivity contribution in [2.75, 3.05) is 26.3 Å². The van der Waals surface area contributed by atoms with E-state index in [1.54, 1.807) is 4.90 Å². The molecule has 92 valence electrons. The molecule has 1 amide bonds. The van der Waals surface area contributed by atoms with E-state index in [2.05, 4.69) is 0 Å². The maximum atomic E-state index is 12.0. The van der Waals surface area contributed by atoms with Crippen LogP contribution in [0.4, 0.5) is 0 Å². The third kappa shape index (κ3) is 3.45. The Morgan fingerprint density at radius 1 is 1.29 bits per heavy atom. The van der Waals surface area contributed by atoms with Crippen LogP contribution in [0.5, 0.6) is 0 Å². The first-order chi connectivity index (χ1) is 8.27. The molecule has 1 aliphatic heterocycles. The Balaban J connectivity index is 1.90. The van der Waals surface area contributed by atoms with Crippen molar-refractivity contribution in [2.45, 2.75) is 11.8 Å². The Morgan fingerprint density at radius 2 is 1.94 bits per heavy atom. The number of nitrogens with zero attached hydrogens (tertiary/aromatic N) is 1. The minimum atomic E-state index is -0.476. The van der Waals surface area contributed by atoms with Gasteiger partial charge in [0.2, 0.25) is 5.91 Å². The molecule has 0 aromatic heterocycles. The maximum Gasteiger partial charge on any atom is 0.241 e. The molecular weight excluding hydrogens is 238 g/mol. The van der Waals surface area contributed by atoms with E-state index in [4.69, 9.17) is 16.3 Å². The molecule has 1 atom stereocenters. The van der Waals surface area contributed by atoms with Crippen molar-refractivity contribution in [3.8, 4) is 0 Å². The normalized spacial score (nSPS) is 17.8. The Bertz CT molecular complexity index is 363. The van der Waals surface area contributed by atoms with Gasteiger partial charge in [-0.2, -0.15) is 0 Å². The number of rotatable bonds is 3. The first kappa shape index (κ1) is 12.4. The van der Waals surface area contributed by atoms with Crippen LogP contribution in [0.2, 0.25) is 0 Å². The molecule has 1 aliphatic rings. The predicted octanol–water partition coefficient (Wildman–Crippen LogP) is 1.70. The smallest absolute Gasteiger partial charge is 0.241 e. The molecule has 0 aliphatic carbocycles. The Labute approximate surface area is 106 Å². The molecule has 1 heterocycles. The zero-order valence-corrected chi connectivity index (χ0v) is 10.4. The van der Waals surface area contributed by atoms with Crippen LogP contribution >= 0.6 is 11.6 Å². The molecule has 2 rings (SSSR count). The summed E-state index contributed by atoms with van der Waals surface area (Å²) < 4.78 is 5.21. The second-order valence-corrected chi connectivity index (χ2v) is 4.62. The monoisotopic (exact) mass is 253 g/mol. The lowest BCUT2D eigenvalue weighted by Crippen LogP contribution is -2.44. The van der Waals surface area contributed by atoms with E-state index in [1.807, 2.05) is 30.3 Å². The molecular formula is C13H16ClNO2. The number of benzene rings is 1. The molecule has 0 spiro atoms. The van der Waals surface area contributed by atoms with Crippen LogP contribution in [-0.4, -0.2) is 42.5 Å². The highest BCUT2D eigenvalue weighted by molar-refractivity contribution is 6.30. The fraction of sp³-hybridized carbons (Fsp3) is 0.462. The van der Waals surface area contributed by atoms with Gasteiger partial charge in [0.05, 0.1) is 13.2 Å². The highest BCUT2D eigenvalue weighted by Crippen LogP contribution is 2.12. The summed E-state index contributed by atoms with van der Waals surface area (Å²) in [4.78, 5) is 13.8. The Kier molecular flexibility index (Phi) is 4.40. The van der Waals surface area contributed by atoms with Gasteiger partial charge in [-0.3, -0.25) is 4.79 Å². The number of halogens is 1. The number of carbonyl (C=O) groups is 1. The Morgan fingerprint density at radius 3 is 2.59 bits per heavy atom. The van der Waals surface area contributed by atoms with Gasteiger partial charge in [-0.05, 0) is 12.0 Å². The molecule has 0 radical (unpaired) electrons. The summed E-state index contributed by atoms with van der Waals surface area (Å²) >= 11 is 6.17. The summed E-state index contributed by atoms with van der Waals surface area (Å²) in [7, 11) is 0. The molecule has 3 nitrogen and oxygen atoms in total. The van der Waals surface area contributed by atoms with Crippen molar-refractivity contribution < 1.29 is 9.53 Å². The number of morpholine rings is 1. The van der Waals surface area contributed by atoms with Crippen LogP contribution in [0, 0.1) is 0 Å². The highest BCUT2D eigenvalue weighted by atomic mass is 35.5. The second kappa shape index (κ2) is 6.03. The first-order valence-corrected chi connectivity index (χ1v) is 6.25. The second-order valence-electron chi connectivity index (χ2n) is 4.09. The van der Waals surface area contributed by atoms with Crippen LogP contribution in [0.1, 0.15) is 5.56 Å². The predicted molar refractivity (Wildman–Crippen MR) is 67.2 cm³/mol. The van der Waals surface area contributed by atoms with Gasteiger partial charge in [0.1, 0.15) is 5.38 Å². The topological polar surface area (TPSA) is 29.5 Å². The van der Waals surface area contributed by atoms with Crippen molar-refractivity contribution in [3.05, 3.63) is 35.9 Å². The molecule has 0 N–H and O–H groups in total. The lowest BCUT2D eigenvalue weighted by Gasteiger charge is -2.28. The van der Waals surface area contributed by atoms with Crippen LogP contribution in [0.15, 0.2) is 30.3 Å². The third-order valence-corrected chi connectivity index (χ3v) is 3.19. The zero-order chi connectivity index (χ0) is 12.1. The summed E-state index contributed by atoms with van der Waals surface area (Å²) in [5.74, 6) is 0.0128. The standard InChI is InChI=1S/C13H16ClNO2/c14-12(10-11-4-2-1-3-5-11)13(16)15-6-8-17-9-7-15/h1-5,12H,6-10H2. The average molecular weight is 254 g/mol. The van der Waals surface area contributed by atoms with Crippen molar-refractivity contribution >= 4 is 17.5 Å². The van der Waals surface area contributed by atoms with Crippen LogP contribution in [0.25, 0.3) is 0 Å². The molecule has 1 aromatic carbocycles. The third-order valence-electron chi connectivity index (χ3n) is 2.85. The lowest BCUT2D eigenvalue weighted by molar-refractivity contribution is -0.134. The van der Waals surface area contributed by atoms with Crippen molar-refractivity contribution in [3.63, 3.8) is 0 Å². The van der Waals surface area contributed by atoms with Crippen molar-refractivity contribution in [1.82, 2.24) is 4.90 Å². The molecule has 1 unspecified atom stereocenters. The fourth-order valence-electron chi connectivity index (χ4n) is 1.89. The van der Waals surface area contributed by atoms with Gasteiger partial charge in [-0.1, -0.05) is 30.3 Å². The molecule has 0 bridgehead atoms. The minimum Gasteiger partial charge on any atom is -0.378 e. The number of hydrogen-bond donors (Lipinski definition) is 0. The Hall–Kier alpha value is -1.06. The number of amides is 1. The fourth-order valence-corrected chi connectivity index (χ4v) is 2.21. The summed E-state index contributed by atoms with van der Waals surface area (Å²) in [6.45, 7) is 2.52. The molecule has 1 fully saturated rings. The first-order valence-electron chi connectivity index (χ1n) is 5.82. The van der Waals surface area contributed by atoms with Gasteiger partial charge < -0.3 is 9.64 Å². The van der Waals surface area contributed by atoms with Gasteiger partial charge in [0, 0.05) is 13.1 Å². The van der Waals surface area contributed by atoms with Gasteiger partial charge >= 0.3 is 0 Å². The SMILES string of the molecule is O=C(C(Cl)Cc1ccccc1)N1CCOCC1. The van der Waals surface area contributed by atoms with E-state index in [1.165, 1.54) is 0 Å². The summed E-state index contributed by atoms with van der Waals surface area (Å²) in [5.41, 5.74) is 1.09. The molecule has 4 heteroatoms. The summed E-state index contributed by atoms with van der Waals surface area (Å²) in [5, 5.41) is -0.476. The van der Waals surface area contributed by atoms with Crippen molar-refractivity contribution in [1.29, 1.82) is 0 Å². The molecule has 0 saturated carbocycles. The lowest BCUT2D eigenvalue weighted by atomic mass is 10.1. The van der Waals surface area contributed by atoms with Gasteiger partial charge in [-0.25, -0.2) is 0 Å². The van der Waals surface area contributed by atoms with E-state index in [0.29, 0.717) is 32.7 Å². The quantitative estimate of drug-likeness (QED) is 0.768. The van der Waals surface area contributed by atoms with Gasteiger partial charge in [0.15, 0.2) is 0 Å².